The fourth-order valence-corrected chi connectivity index (χ4v) is 6.06. The summed E-state index contributed by atoms with van der Waals surface area (Å²) in [5.41, 5.74) is 2.36. The Morgan fingerprint density at radius 1 is 0.903 bits per heavy atom. The number of fused-ring (bicyclic) bond motifs is 5. The van der Waals surface area contributed by atoms with Gasteiger partial charge in [0.15, 0.2) is 0 Å². The van der Waals surface area contributed by atoms with Crippen LogP contribution in [0.15, 0.2) is 6.07 Å². The van der Waals surface area contributed by atoms with Crippen LogP contribution in [0.2, 0.25) is 0 Å². The highest BCUT2D eigenvalue weighted by Crippen LogP contribution is 2.55. The molecule has 0 amide bonds. The summed E-state index contributed by atoms with van der Waals surface area (Å²) in [6, 6.07) is 2.11. The molecular formula is C26H38O5. The molecule has 0 radical (unpaired) electrons. The van der Waals surface area contributed by atoms with E-state index < -0.39 is 11.6 Å². The van der Waals surface area contributed by atoms with Gasteiger partial charge < -0.3 is 23.7 Å². The molecule has 5 heteroatoms. The summed E-state index contributed by atoms with van der Waals surface area (Å²) in [6.07, 6.45) is 6.59. The van der Waals surface area contributed by atoms with Gasteiger partial charge in [0.05, 0.1) is 19.8 Å². The summed E-state index contributed by atoms with van der Waals surface area (Å²) < 4.78 is 31.8. The second kappa shape index (κ2) is 7.84. The fourth-order valence-electron chi connectivity index (χ4n) is 6.06. The Labute approximate surface area is 186 Å². The molecule has 31 heavy (non-hydrogen) atoms. The summed E-state index contributed by atoms with van der Waals surface area (Å²) in [5, 5.41) is 0. The van der Waals surface area contributed by atoms with Gasteiger partial charge in [-0.05, 0) is 31.1 Å². The molecule has 6 atom stereocenters. The van der Waals surface area contributed by atoms with Crippen LogP contribution >= 0.6 is 0 Å². The molecule has 5 nitrogen and oxygen atoms in total. The molecule has 0 bridgehead atoms. The Kier molecular flexibility index (Phi) is 5.41. The molecule has 0 aromatic heterocycles. The van der Waals surface area contributed by atoms with E-state index in [-0.39, 0.29) is 0 Å². The molecule has 4 aliphatic rings. The molecule has 4 heterocycles. The summed E-state index contributed by atoms with van der Waals surface area (Å²) in [6.45, 7) is 13.1. The van der Waals surface area contributed by atoms with Crippen molar-refractivity contribution in [3.8, 4) is 17.2 Å². The summed E-state index contributed by atoms with van der Waals surface area (Å²) in [4.78, 5) is 0. The Hall–Kier alpha value is -1.46. The summed E-state index contributed by atoms with van der Waals surface area (Å²) in [7, 11) is 0. The first-order chi connectivity index (χ1) is 14.8. The van der Waals surface area contributed by atoms with Crippen LogP contribution in [0, 0.1) is 23.7 Å². The molecule has 1 aromatic rings. The molecule has 4 aliphatic heterocycles. The summed E-state index contributed by atoms with van der Waals surface area (Å²) in [5.74, 6) is 3.15. The zero-order valence-corrected chi connectivity index (χ0v) is 19.8. The zero-order chi connectivity index (χ0) is 21.8. The lowest BCUT2D eigenvalue weighted by atomic mass is 9.78. The van der Waals surface area contributed by atoms with Crippen molar-refractivity contribution >= 4 is 0 Å². The van der Waals surface area contributed by atoms with Gasteiger partial charge in [-0.1, -0.05) is 40.0 Å². The van der Waals surface area contributed by atoms with Crippen LogP contribution in [0.1, 0.15) is 71.4 Å². The van der Waals surface area contributed by atoms with Gasteiger partial charge in [-0.15, -0.1) is 0 Å². The largest absolute Gasteiger partial charge is 0.493 e. The van der Waals surface area contributed by atoms with Crippen LogP contribution in [-0.4, -0.2) is 31.4 Å². The Morgan fingerprint density at radius 2 is 1.55 bits per heavy atom. The van der Waals surface area contributed by atoms with Gasteiger partial charge in [0.2, 0.25) is 11.6 Å². The van der Waals surface area contributed by atoms with E-state index in [9.17, 15) is 0 Å². The first-order valence-corrected chi connectivity index (χ1v) is 12.3. The summed E-state index contributed by atoms with van der Waals surface area (Å²) >= 11 is 0. The molecule has 1 aromatic carbocycles. The third kappa shape index (κ3) is 3.52. The number of ether oxygens (including phenoxy) is 5. The van der Waals surface area contributed by atoms with E-state index in [1.807, 2.05) is 0 Å². The van der Waals surface area contributed by atoms with Crippen molar-refractivity contribution in [3.05, 3.63) is 17.2 Å². The van der Waals surface area contributed by atoms with Crippen molar-refractivity contribution in [2.75, 3.05) is 19.8 Å². The molecule has 0 spiro atoms. The molecule has 0 aliphatic carbocycles. The maximum absolute atomic E-state index is 6.69. The minimum Gasteiger partial charge on any atom is -0.493 e. The second-order valence-corrected chi connectivity index (χ2v) is 10.5. The quantitative estimate of drug-likeness (QED) is 0.557. The standard InChI is InChI=1S/C26H38O5/c1-6-7-8-9-10-27-22-13-23-19(12-20-16(2)14-28-25(20,4)30-23)24-18(22)11-21-17(3)15-29-26(21,5)31-24/h13,16-17,20-21H,6-12,14-15H2,1-5H3/t16-,17-,20+,21+,25+,26+/m0/s1. The van der Waals surface area contributed by atoms with Crippen molar-refractivity contribution in [3.63, 3.8) is 0 Å². The van der Waals surface area contributed by atoms with E-state index in [4.69, 9.17) is 23.7 Å². The molecule has 0 saturated carbocycles. The number of unbranched alkanes of at least 4 members (excludes halogenated alkanes) is 3. The topological polar surface area (TPSA) is 46.2 Å². The highest BCUT2D eigenvalue weighted by atomic mass is 16.7. The minimum atomic E-state index is -0.571. The normalized spacial score (nSPS) is 37.8. The maximum Gasteiger partial charge on any atom is 0.211 e. The Bertz CT molecular complexity index is 838. The molecule has 2 fully saturated rings. The van der Waals surface area contributed by atoms with Crippen molar-refractivity contribution in [2.24, 2.45) is 23.7 Å². The Balaban J connectivity index is 1.51. The second-order valence-electron chi connectivity index (χ2n) is 10.5. The third-order valence-electron chi connectivity index (χ3n) is 8.11. The number of rotatable bonds is 6. The van der Waals surface area contributed by atoms with Gasteiger partial charge in [0, 0.05) is 42.9 Å². The lowest BCUT2D eigenvalue weighted by molar-refractivity contribution is -0.174. The Morgan fingerprint density at radius 3 is 2.23 bits per heavy atom. The first-order valence-electron chi connectivity index (χ1n) is 12.3. The van der Waals surface area contributed by atoms with E-state index in [1.165, 1.54) is 24.8 Å². The monoisotopic (exact) mass is 430 g/mol. The minimum absolute atomic E-state index is 0.322. The van der Waals surface area contributed by atoms with Crippen LogP contribution in [0.25, 0.3) is 0 Å². The van der Waals surface area contributed by atoms with Crippen molar-refractivity contribution in [1.82, 2.24) is 0 Å². The lowest BCUT2D eigenvalue weighted by Crippen LogP contribution is -2.46. The van der Waals surface area contributed by atoms with E-state index in [0.717, 1.165) is 61.9 Å². The highest BCUT2D eigenvalue weighted by Gasteiger charge is 2.54. The van der Waals surface area contributed by atoms with Crippen LogP contribution in [0.3, 0.4) is 0 Å². The number of hydrogen-bond donors (Lipinski definition) is 0. The van der Waals surface area contributed by atoms with Crippen LogP contribution in [0.4, 0.5) is 0 Å². The van der Waals surface area contributed by atoms with E-state index >= 15 is 0 Å². The molecule has 172 valence electrons. The van der Waals surface area contributed by atoms with Crippen LogP contribution in [0.5, 0.6) is 17.2 Å². The van der Waals surface area contributed by atoms with Crippen LogP contribution < -0.4 is 14.2 Å². The average molecular weight is 431 g/mol. The molecule has 0 unspecified atom stereocenters. The predicted molar refractivity (Wildman–Crippen MR) is 119 cm³/mol. The molecule has 2 saturated heterocycles. The van der Waals surface area contributed by atoms with Crippen LogP contribution in [-0.2, 0) is 22.3 Å². The number of benzene rings is 1. The van der Waals surface area contributed by atoms with E-state index in [1.54, 1.807) is 0 Å². The molecule has 0 N–H and O–H groups in total. The van der Waals surface area contributed by atoms with Gasteiger partial charge in [-0.3, -0.25) is 0 Å². The van der Waals surface area contributed by atoms with Gasteiger partial charge in [-0.25, -0.2) is 0 Å². The third-order valence-corrected chi connectivity index (χ3v) is 8.11. The molecule has 5 rings (SSSR count). The maximum atomic E-state index is 6.69. The predicted octanol–water partition coefficient (Wildman–Crippen LogP) is 5.51. The van der Waals surface area contributed by atoms with Gasteiger partial charge >= 0.3 is 0 Å². The van der Waals surface area contributed by atoms with Gasteiger partial charge in [-0.2, -0.15) is 0 Å². The van der Waals surface area contributed by atoms with Gasteiger partial charge in [0.1, 0.15) is 17.2 Å². The lowest BCUT2D eigenvalue weighted by Gasteiger charge is -2.43. The van der Waals surface area contributed by atoms with Crippen molar-refractivity contribution < 1.29 is 23.7 Å². The number of hydrogen-bond acceptors (Lipinski definition) is 5. The average Bonchev–Trinajstić information content (AvgIpc) is 3.20. The zero-order valence-electron chi connectivity index (χ0n) is 19.8. The van der Waals surface area contributed by atoms with E-state index in [0.29, 0.717) is 23.7 Å². The smallest absolute Gasteiger partial charge is 0.211 e. The fraction of sp³-hybridized carbons (Fsp3) is 0.769. The van der Waals surface area contributed by atoms with E-state index in [2.05, 4.69) is 40.7 Å². The molecular weight excluding hydrogens is 392 g/mol. The first kappa shape index (κ1) is 21.4. The van der Waals surface area contributed by atoms with Gasteiger partial charge in [0.25, 0.3) is 0 Å². The highest BCUT2D eigenvalue weighted by molar-refractivity contribution is 5.60. The van der Waals surface area contributed by atoms with Crippen molar-refractivity contribution in [2.45, 2.75) is 84.7 Å². The SMILES string of the molecule is CCCCCCOc1cc2c(c3c1C[C@@H]1[C@@H](C)CO[C@]1(C)O3)C[C@@H]1[C@@H](C)CO[C@]1(C)O2. The van der Waals surface area contributed by atoms with Crippen molar-refractivity contribution in [1.29, 1.82) is 0 Å².